The number of hydroxylamine groups is 1. The summed E-state index contributed by atoms with van der Waals surface area (Å²) in [5, 5.41) is 18.8. The van der Waals surface area contributed by atoms with Crippen LogP contribution in [0, 0.1) is 0 Å². The molecule has 0 aliphatic rings. The molecular weight excluding hydrogens is 555 g/mol. The number of carbonyl (C=O) groups is 4. The predicted molar refractivity (Wildman–Crippen MR) is 149 cm³/mol. The maximum Gasteiger partial charge on any atom is 0.416 e. The van der Waals surface area contributed by atoms with Crippen molar-refractivity contribution in [1.29, 1.82) is 0 Å². The van der Waals surface area contributed by atoms with Crippen molar-refractivity contribution in [3.05, 3.63) is 95.6 Å². The summed E-state index contributed by atoms with van der Waals surface area (Å²) in [6.07, 6.45) is -2.49. The van der Waals surface area contributed by atoms with Crippen molar-refractivity contribution in [1.82, 2.24) is 16.1 Å². The number of hydrogen-bond acceptors (Lipinski definition) is 5. The second-order valence-corrected chi connectivity index (χ2v) is 9.19. The Bertz CT molecular complexity index is 1370. The van der Waals surface area contributed by atoms with Gasteiger partial charge in [0.2, 0.25) is 5.91 Å². The third kappa shape index (κ3) is 9.93. The Morgan fingerprint density at radius 2 is 1.50 bits per heavy atom. The van der Waals surface area contributed by atoms with E-state index in [2.05, 4.69) is 21.3 Å². The summed E-state index contributed by atoms with van der Waals surface area (Å²) in [5.74, 6) is -1.54. The molecule has 0 aromatic heterocycles. The van der Waals surface area contributed by atoms with Crippen LogP contribution in [0.3, 0.4) is 0 Å². The zero-order valence-corrected chi connectivity index (χ0v) is 22.3. The van der Waals surface area contributed by atoms with E-state index in [-0.39, 0.29) is 18.0 Å². The normalized spacial score (nSPS) is 11.6. The van der Waals surface area contributed by atoms with Crippen LogP contribution in [0.25, 0.3) is 0 Å². The minimum Gasteiger partial charge on any atom is -0.352 e. The van der Waals surface area contributed by atoms with Crippen LogP contribution in [0.2, 0.25) is 0 Å². The van der Waals surface area contributed by atoms with Crippen molar-refractivity contribution >= 4 is 35.1 Å². The molecule has 0 aliphatic carbocycles. The molecule has 0 saturated heterocycles. The van der Waals surface area contributed by atoms with E-state index in [1.807, 2.05) is 0 Å². The average molecular weight is 586 g/mol. The molecule has 0 aliphatic heterocycles. The van der Waals surface area contributed by atoms with E-state index in [0.717, 1.165) is 12.1 Å². The van der Waals surface area contributed by atoms with Gasteiger partial charge in [-0.25, -0.2) is 10.3 Å². The molecule has 3 aromatic rings. The largest absolute Gasteiger partial charge is 0.416 e. The first-order chi connectivity index (χ1) is 20.1. The number of halogens is 3. The second-order valence-electron chi connectivity index (χ2n) is 9.19. The second kappa shape index (κ2) is 15.2. The smallest absolute Gasteiger partial charge is 0.352 e. The number of benzene rings is 3. The molecule has 3 aromatic carbocycles. The third-order valence-corrected chi connectivity index (χ3v) is 6.02. The Morgan fingerprint density at radius 1 is 0.786 bits per heavy atom. The standard InChI is InChI=1S/C29H30F3N5O5/c30-29(31,32)21-10-7-11-23(18-21)34-27(40)25(19-8-3-1-4-9-19)36-28(41)35-22-15-13-20(14-16-22)26(39)33-17-6-2-5-12-24(38)37-42/h1,3-4,7-11,13-16,18,25,42H,2,5-6,12,17H2,(H,33,39)(H,34,40)(H,37,38)(H2,35,36,41)/t25-/m0/s1. The molecule has 42 heavy (non-hydrogen) atoms. The van der Waals surface area contributed by atoms with E-state index in [4.69, 9.17) is 5.21 Å². The van der Waals surface area contributed by atoms with Gasteiger partial charge in [0.25, 0.3) is 11.8 Å². The number of rotatable bonds is 12. The molecule has 6 N–H and O–H groups in total. The molecular formula is C29H30F3N5O5. The van der Waals surface area contributed by atoms with Crippen LogP contribution in [0.5, 0.6) is 0 Å². The monoisotopic (exact) mass is 585 g/mol. The van der Waals surface area contributed by atoms with Gasteiger partial charge in [-0.2, -0.15) is 13.2 Å². The fourth-order valence-corrected chi connectivity index (χ4v) is 3.88. The lowest BCUT2D eigenvalue weighted by molar-refractivity contribution is -0.137. The fourth-order valence-electron chi connectivity index (χ4n) is 3.88. The van der Waals surface area contributed by atoms with E-state index in [0.29, 0.717) is 42.6 Å². The van der Waals surface area contributed by atoms with Gasteiger partial charge in [-0.3, -0.25) is 19.6 Å². The van der Waals surface area contributed by atoms with Gasteiger partial charge < -0.3 is 21.3 Å². The highest BCUT2D eigenvalue weighted by atomic mass is 19.4. The summed E-state index contributed by atoms with van der Waals surface area (Å²) in [4.78, 5) is 49.2. The topological polar surface area (TPSA) is 149 Å². The first-order valence-corrected chi connectivity index (χ1v) is 13.0. The summed E-state index contributed by atoms with van der Waals surface area (Å²) in [6, 6.07) is 16.4. The molecule has 0 heterocycles. The summed E-state index contributed by atoms with van der Waals surface area (Å²) >= 11 is 0. The summed E-state index contributed by atoms with van der Waals surface area (Å²) in [7, 11) is 0. The Kier molecular flexibility index (Phi) is 11.4. The van der Waals surface area contributed by atoms with Crippen molar-refractivity contribution in [2.75, 3.05) is 17.2 Å². The highest BCUT2D eigenvalue weighted by molar-refractivity contribution is 6.00. The zero-order chi connectivity index (χ0) is 30.5. The molecule has 3 rings (SSSR count). The van der Waals surface area contributed by atoms with Crippen molar-refractivity contribution in [3.63, 3.8) is 0 Å². The molecule has 222 valence electrons. The number of amides is 5. The number of nitrogens with one attached hydrogen (secondary N) is 5. The Hall–Kier alpha value is -4.91. The van der Waals surface area contributed by atoms with E-state index in [1.54, 1.807) is 35.8 Å². The molecule has 0 fully saturated rings. The van der Waals surface area contributed by atoms with E-state index >= 15 is 0 Å². The van der Waals surface area contributed by atoms with Gasteiger partial charge in [-0.05, 0) is 60.9 Å². The number of carbonyl (C=O) groups excluding carboxylic acids is 4. The highest BCUT2D eigenvalue weighted by Gasteiger charge is 2.31. The highest BCUT2D eigenvalue weighted by Crippen LogP contribution is 2.31. The summed E-state index contributed by atoms with van der Waals surface area (Å²) < 4.78 is 39.3. The van der Waals surface area contributed by atoms with E-state index in [9.17, 15) is 32.3 Å². The zero-order valence-electron chi connectivity index (χ0n) is 22.3. The number of anilines is 2. The molecule has 10 nitrogen and oxygen atoms in total. The Labute approximate surface area is 239 Å². The number of alkyl halides is 3. The molecule has 0 saturated carbocycles. The molecule has 0 unspecified atom stereocenters. The summed E-state index contributed by atoms with van der Waals surface area (Å²) in [5.41, 5.74) is 1.63. The average Bonchev–Trinajstić information content (AvgIpc) is 2.97. The lowest BCUT2D eigenvalue weighted by atomic mass is 10.1. The van der Waals surface area contributed by atoms with Crippen LogP contribution in [0.15, 0.2) is 78.9 Å². The molecule has 0 bridgehead atoms. The van der Waals surface area contributed by atoms with E-state index < -0.39 is 35.6 Å². The van der Waals surface area contributed by atoms with Gasteiger partial charge in [-0.15, -0.1) is 0 Å². The molecule has 13 heteroatoms. The SMILES string of the molecule is O=C(CCCCCNC(=O)c1ccc(NC(=O)N[C@H](C(=O)Nc2cccc(C(F)(F)F)c2)c2ccccc2)cc1)NO. The van der Waals surface area contributed by atoms with Crippen molar-refractivity contribution in [2.45, 2.75) is 37.9 Å². The number of unbranched alkanes of at least 4 members (excludes halogenated alkanes) is 2. The van der Waals surface area contributed by atoms with Crippen LogP contribution < -0.4 is 26.7 Å². The lowest BCUT2D eigenvalue weighted by Gasteiger charge is -2.20. The molecule has 5 amide bonds. The lowest BCUT2D eigenvalue weighted by Crippen LogP contribution is -2.39. The van der Waals surface area contributed by atoms with Crippen LogP contribution in [-0.2, 0) is 15.8 Å². The number of urea groups is 1. The number of hydrogen-bond donors (Lipinski definition) is 6. The summed E-state index contributed by atoms with van der Waals surface area (Å²) in [6.45, 7) is 0.394. The minimum atomic E-state index is -4.59. The molecule has 0 radical (unpaired) electrons. The first-order valence-electron chi connectivity index (χ1n) is 13.0. The van der Waals surface area contributed by atoms with Gasteiger partial charge >= 0.3 is 12.2 Å². The maximum atomic E-state index is 13.1. The van der Waals surface area contributed by atoms with Crippen LogP contribution >= 0.6 is 0 Å². The van der Waals surface area contributed by atoms with Gasteiger partial charge in [0.15, 0.2) is 0 Å². The van der Waals surface area contributed by atoms with Gasteiger partial charge in [0.05, 0.1) is 5.56 Å². The minimum absolute atomic E-state index is 0.0825. The molecule has 1 atom stereocenters. The van der Waals surface area contributed by atoms with Gasteiger partial charge in [-0.1, -0.05) is 42.8 Å². The van der Waals surface area contributed by atoms with Gasteiger partial charge in [0, 0.05) is 29.9 Å². The van der Waals surface area contributed by atoms with E-state index in [1.165, 1.54) is 36.4 Å². The maximum absolute atomic E-state index is 13.1. The molecule has 0 spiro atoms. The van der Waals surface area contributed by atoms with Crippen molar-refractivity contribution in [2.24, 2.45) is 0 Å². The van der Waals surface area contributed by atoms with Gasteiger partial charge in [0.1, 0.15) is 6.04 Å². The Balaban J connectivity index is 1.57. The van der Waals surface area contributed by atoms with Crippen molar-refractivity contribution in [3.8, 4) is 0 Å². The van der Waals surface area contributed by atoms with Crippen LogP contribution in [0.1, 0.15) is 53.2 Å². The third-order valence-electron chi connectivity index (χ3n) is 6.02. The van der Waals surface area contributed by atoms with Crippen LogP contribution in [-0.4, -0.2) is 35.5 Å². The predicted octanol–water partition coefficient (Wildman–Crippen LogP) is 5.00. The quantitative estimate of drug-likeness (QED) is 0.101. The Morgan fingerprint density at radius 3 is 2.17 bits per heavy atom. The fraction of sp³-hybridized carbons (Fsp3) is 0.241. The first kappa shape index (κ1) is 31.6. The van der Waals surface area contributed by atoms with Crippen LogP contribution in [0.4, 0.5) is 29.3 Å². The van der Waals surface area contributed by atoms with Crippen molar-refractivity contribution < 1.29 is 37.6 Å².